The van der Waals surface area contributed by atoms with E-state index in [1.165, 1.54) is 6.08 Å². The van der Waals surface area contributed by atoms with Gasteiger partial charge in [-0.2, -0.15) is 5.10 Å². The predicted octanol–water partition coefficient (Wildman–Crippen LogP) is 6.00. The molecule has 4 aromatic rings. The van der Waals surface area contributed by atoms with Gasteiger partial charge in [0.25, 0.3) is 0 Å². The van der Waals surface area contributed by atoms with Crippen LogP contribution in [0.1, 0.15) is 5.56 Å². The Kier molecular flexibility index (Phi) is 6.96. The van der Waals surface area contributed by atoms with E-state index < -0.39 is 5.97 Å². The Balaban J connectivity index is 1.40. The van der Waals surface area contributed by atoms with Crippen molar-refractivity contribution >= 4 is 39.3 Å². The molecule has 2 heterocycles. The maximum atomic E-state index is 12.2. The average Bonchev–Trinajstić information content (AvgIpc) is 3.46. The Labute approximate surface area is 192 Å². The highest BCUT2D eigenvalue weighted by Gasteiger charge is 2.12. The van der Waals surface area contributed by atoms with Gasteiger partial charge < -0.3 is 9.47 Å². The number of rotatable bonds is 8. The Morgan fingerprint density at radius 3 is 2.71 bits per heavy atom. The Hall–Kier alpha value is -3.16. The first kappa shape index (κ1) is 21.1. The second-order valence-electron chi connectivity index (χ2n) is 6.50. The number of carbonyl (C=O) groups is 1. The molecule has 2 aromatic heterocycles. The quantitative estimate of drug-likeness (QED) is 0.171. The topological polar surface area (TPSA) is 53.4 Å². The van der Waals surface area contributed by atoms with Gasteiger partial charge in [0.05, 0.1) is 10.6 Å². The Bertz CT molecular complexity index is 1170. The molecule has 0 radical (unpaired) electrons. The summed E-state index contributed by atoms with van der Waals surface area (Å²) in [6, 6.07) is 21.4. The molecule has 0 saturated heterocycles. The number of para-hydroxylation sites is 1. The minimum absolute atomic E-state index is 0.163. The van der Waals surface area contributed by atoms with Gasteiger partial charge in [-0.25, -0.2) is 9.48 Å². The van der Waals surface area contributed by atoms with Crippen molar-refractivity contribution in [3.63, 3.8) is 0 Å². The lowest BCUT2D eigenvalue weighted by Gasteiger charge is -2.06. The Morgan fingerprint density at radius 1 is 1.06 bits per heavy atom. The van der Waals surface area contributed by atoms with Crippen LogP contribution in [0.3, 0.4) is 0 Å². The van der Waals surface area contributed by atoms with E-state index in [0.29, 0.717) is 0 Å². The summed E-state index contributed by atoms with van der Waals surface area (Å²) in [5.74, 6) is 0.289. The Morgan fingerprint density at radius 2 is 1.94 bits per heavy atom. The molecule has 2 aromatic carbocycles. The van der Waals surface area contributed by atoms with Crippen LogP contribution in [0.25, 0.3) is 22.3 Å². The van der Waals surface area contributed by atoms with E-state index in [1.807, 2.05) is 83.0 Å². The van der Waals surface area contributed by atoms with Crippen molar-refractivity contribution < 1.29 is 14.3 Å². The van der Waals surface area contributed by atoms with E-state index in [1.54, 1.807) is 17.4 Å². The van der Waals surface area contributed by atoms with Gasteiger partial charge in [0.2, 0.25) is 0 Å². The summed E-state index contributed by atoms with van der Waals surface area (Å²) in [4.78, 5) is 13.2. The lowest BCUT2D eigenvalue weighted by atomic mass is 10.2. The maximum absolute atomic E-state index is 12.2. The largest absolute Gasteiger partial charge is 0.490 e. The number of thiophene rings is 1. The van der Waals surface area contributed by atoms with Gasteiger partial charge in [-0.15, -0.1) is 11.3 Å². The van der Waals surface area contributed by atoms with Crippen molar-refractivity contribution in [2.45, 2.75) is 0 Å². The highest BCUT2D eigenvalue weighted by Crippen LogP contribution is 2.28. The molecule has 4 rings (SSSR count). The number of nitrogens with zero attached hydrogens (tertiary/aromatic N) is 2. The molecule has 0 saturated carbocycles. The second-order valence-corrected chi connectivity index (χ2v) is 8.36. The minimum atomic E-state index is -0.428. The van der Waals surface area contributed by atoms with Crippen LogP contribution < -0.4 is 4.74 Å². The summed E-state index contributed by atoms with van der Waals surface area (Å²) in [6.45, 7) is 0.444. The van der Waals surface area contributed by atoms with E-state index in [-0.39, 0.29) is 13.2 Å². The summed E-state index contributed by atoms with van der Waals surface area (Å²) in [7, 11) is 0. The van der Waals surface area contributed by atoms with Crippen LogP contribution in [0.15, 0.2) is 88.9 Å². The first-order chi connectivity index (χ1) is 15.2. The van der Waals surface area contributed by atoms with E-state index in [2.05, 4.69) is 15.9 Å². The lowest BCUT2D eigenvalue weighted by molar-refractivity contribution is -0.138. The van der Waals surface area contributed by atoms with Gasteiger partial charge in [-0.05, 0) is 47.9 Å². The second kappa shape index (κ2) is 10.2. The van der Waals surface area contributed by atoms with Crippen molar-refractivity contribution in [3.05, 3.63) is 94.4 Å². The van der Waals surface area contributed by atoms with Crippen molar-refractivity contribution in [1.29, 1.82) is 0 Å². The van der Waals surface area contributed by atoms with Gasteiger partial charge in [-0.3, -0.25) is 0 Å². The highest BCUT2D eigenvalue weighted by atomic mass is 79.9. The van der Waals surface area contributed by atoms with Crippen molar-refractivity contribution in [3.8, 4) is 22.0 Å². The minimum Gasteiger partial charge on any atom is -0.490 e. The van der Waals surface area contributed by atoms with Crippen LogP contribution in [0.5, 0.6) is 5.75 Å². The van der Waals surface area contributed by atoms with E-state index >= 15 is 0 Å². The first-order valence-corrected chi connectivity index (χ1v) is 11.3. The SMILES string of the molecule is O=C(C=Cc1cn(-c2ccccc2)nc1-c1cccs1)OCCOc1cccc(Br)c1. The van der Waals surface area contributed by atoms with Gasteiger partial charge in [0.15, 0.2) is 0 Å². The van der Waals surface area contributed by atoms with Crippen molar-refractivity contribution in [1.82, 2.24) is 9.78 Å². The fraction of sp³-hybridized carbons (Fsp3) is 0.0833. The molecule has 0 N–H and O–H groups in total. The molecule has 156 valence electrons. The summed E-state index contributed by atoms with van der Waals surface area (Å²) in [5.41, 5.74) is 2.61. The molecule has 0 bridgehead atoms. The number of benzene rings is 2. The van der Waals surface area contributed by atoms with Crippen LogP contribution in [-0.2, 0) is 9.53 Å². The monoisotopic (exact) mass is 494 g/mol. The zero-order valence-corrected chi connectivity index (χ0v) is 18.9. The van der Waals surface area contributed by atoms with Crippen molar-refractivity contribution in [2.75, 3.05) is 13.2 Å². The molecule has 0 aliphatic carbocycles. The molecule has 31 heavy (non-hydrogen) atoms. The molecule has 0 fully saturated rings. The summed E-state index contributed by atoms with van der Waals surface area (Å²) >= 11 is 5.00. The van der Waals surface area contributed by atoms with Gasteiger partial charge in [0, 0.05) is 22.3 Å². The smallest absolute Gasteiger partial charge is 0.330 e. The predicted molar refractivity (Wildman–Crippen MR) is 127 cm³/mol. The van der Waals surface area contributed by atoms with Crippen LogP contribution in [0.2, 0.25) is 0 Å². The summed E-state index contributed by atoms with van der Waals surface area (Å²) in [6.07, 6.45) is 5.06. The zero-order valence-electron chi connectivity index (χ0n) is 16.5. The van der Waals surface area contributed by atoms with E-state index in [4.69, 9.17) is 14.6 Å². The van der Waals surface area contributed by atoms with Crippen LogP contribution in [0.4, 0.5) is 0 Å². The third-order valence-corrected chi connectivity index (χ3v) is 5.68. The molecule has 0 aliphatic heterocycles. The number of hydrogen-bond donors (Lipinski definition) is 0. The molecule has 0 atom stereocenters. The normalized spacial score (nSPS) is 11.0. The van der Waals surface area contributed by atoms with Gasteiger partial charge in [-0.1, -0.05) is 46.3 Å². The molecule has 0 spiro atoms. The third-order valence-electron chi connectivity index (χ3n) is 4.31. The standard InChI is InChI=1S/C24H19BrN2O3S/c25-19-6-4-9-21(16-19)29-13-14-30-23(28)12-11-18-17-27(20-7-2-1-3-8-20)26-24(18)22-10-5-15-31-22/h1-12,15-17H,13-14H2. The first-order valence-electron chi connectivity index (χ1n) is 9.61. The fourth-order valence-corrected chi connectivity index (χ4v) is 4.00. The number of aromatic nitrogens is 2. The summed E-state index contributed by atoms with van der Waals surface area (Å²) in [5, 5.41) is 6.72. The van der Waals surface area contributed by atoms with Gasteiger partial charge >= 0.3 is 5.97 Å². The van der Waals surface area contributed by atoms with Crippen LogP contribution in [-0.4, -0.2) is 29.0 Å². The molecular weight excluding hydrogens is 476 g/mol. The van der Waals surface area contributed by atoms with Crippen molar-refractivity contribution in [2.24, 2.45) is 0 Å². The van der Waals surface area contributed by atoms with Gasteiger partial charge in [0.1, 0.15) is 24.7 Å². The molecule has 0 unspecified atom stereocenters. The third kappa shape index (κ3) is 5.71. The maximum Gasteiger partial charge on any atom is 0.330 e. The molecular formula is C24H19BrN2O3S. The number of hydrogen-bond acceptors (Lipinski definition) is 5. The number of esters is 1. The number of halogens is 1. The van der Waals surface area contributed by atoms with E-state index in [0.717, 1.165) is 32.0 Å². The molecule has 5 nitrogen and oxygen atoms in total. The molecule has 0 aliphatic rings. The number of carbonyl (C=O) groups excluding carboxylic acids is 1. The zero-order chi connectivity index (χ0) is 21.5. The molecule has 0 amide bonds. The lowest BCUT2D eigenvalue weighted by Crippen LogP contribution is -2.10. The van der Waals surface area contributed by atoms with Crippen LogP contribution in [0, 0.1) is 0 Å². The summed E-state index contributed by atoms with van der Waals surface area (Å²) < 4.78 is 13.6. The highest BCUT2D eigenvalue weighted by molar-refractivity contribution is 9.10. The number of ether oxygens (including phenoxy) is 2. The fourth-order valence-electron chi connectivity index (χ4n) is 2.89. The van der Waals surface area contributed by atoms with Crippen LogP contribution >= 0.6 is 27.3 Å². The molecule has 7 heteroatoms. The van der Waals surface area contributed by atoms with E-state index in [9.17, 15) is 4.79 Å². The average molecular weight is 495 g/mol.